The molecule has 2 rings (SSSR count). The van der Waals surface area contributed by atoms with Crippen molar-refractivity contribution in [3.05, 3.63) is 58.7 Å². The van der Waals surface area contributed by atoms with Gasteiger partial charge >= 0.3 is 0 Å². The summed E-state index contributed by atoms with van der Waals surface area (Å²) in [7, 11) is 0. The Hall–Kier alpha value is -2.62. The summed E-state index contributed by atoms with van der Waals surface area (Å²) >= 11 is 0. The van der Waals surface area contributed by atoms with Gasteiger partial charge in [0.25, 0.3) is 0 Å². The van der Waals surface area contributed by atoms with Crippen LogP contribution in [0.4, 0.5) is 0 Å². The molecule has 34 heavy (non-hydrogen) atoms. The molecular weight excluding hydrogens is 424 g/mol. The Labute approximate surface area is 204 Å². The van der Waals surface area contributed by atoms with E-state index in [9.17, 15) is 19.2 Å². The zero-order valence-corrected chi connectivity index (χ0v) is 21.3. The highest BCUT2D eigenvalue weighted by Gasteiger charge is 2.25. The van der Waals surface area contributed by atoms with Gasteiger partial charge in [-0.1, -0.05) is 47.6 Å². The van der Waals surface area contributed by atoms with Crippen molar-refractivity contribution < 1.29 is 19.2 Å². The van der Waals surface area contributed by atoms with E-state index in [2.05, 4.69) is 44.2 Å². The fraction of sp³-hybridized carbons (Fsp3) is 0.533. The number of rotatable bonds is 16. The van der Waals surface area contributed by atoms with E-state index in [0.29, 0.717) is 25.7 Å². The van der Waals surface area contributed by atoms with Gasteiger partial charge in [0.1, 0.15) is 23.1 Å². The van der Waals surface area contributed by atoms with E-state index < -0.39 is 0 Å². The Bertz CT molecular complexity index is 951. The number of ketones is 4. The van der Waals surface area contributed by atoms with Crippen molar-refractivity contribution in [2.24, 2.45) is 11.8 Å². The third kappa shape index (κ3) is 9.70. The number of Topliss-reactive ketones (excluding diaryl/α,β-unsaturated/α-hetero) is 4. The Morgan fingerprint density at radius 2 is 1.62 bits per heavy atom. The molecule has 0 aliphatic heterocycles. The van der Waals surface area contributed by atoms with Crippen molar-refractivity contribution in [1.82, 2.24) is 0 Å². The topological polar surface area (TPSA) is 68.3 Å². The second-order valence-electron chi connectivity index (χ2n) is 9.92. The highest BCUT2D eigenvalue weighted by atomic mass is 16.1. The van der Waals surface area contributed by atoms with Crippen LogP contribution in [0.2, 0.25) is 0 Å². The number of carbonyl (C=O) groups is 4. The van der Waals surface area contributed by atoms with Crippen LogP contribution in [0, 0.1) is 25.7 Å². The lowest BCUT2D eigenvalue weighted by molar-refractivity contribution is -0.129. The zero-order chi connectivity index (χ0) is 25.1. The smallest absolute Gasteiger partial charge is 0.136 e. The summed E-state index contributed by atoms with van der Waals surface area (Å²) in [6, 6.07) is 6.35. The van der Waals surface area contributed by atoms with Crippen LogP contribution in [-0.2, 0) is 25.6 Å². The highest BCUT2D eigenvalue weighted by molar-refractivity contribution is 5.89. The van der Waals surface area contributed by atoms with Crippen LogP contribution in [0.25, 0.3) is 0 Å². The van der Waals surface area contributed by atoms with Gasteiger partial charge in [-0.15, -0.1) is 0 Å². The number of hydrogen-bond acceptors (Lipinski definition) is 4. The van der Waals surface area contributed by atoms with Crippen molar-refractivity contribution in [2.75, 3.05) is 0 Å². The van der Waals surface area contributed by atoms with Crippen molar-refractivity contribution >= 4 is 23.1 Å². The Morgan fingerprint density at radius 3 is 2.24 bits per heavy atom. The van der Waals surface area contributed by atoms with Crippen molar-refractivity contribution in [3.63, 3.8) is 0 Å². The first-order valence-electron chi connectivity index (χ1n) is 12.6. The van der Waals surface area contributed by atoms with E-state index in [0.717, 1.165) is 19.3 Å². The average Bonchev–Trinajstić information content (AvgIpc) is 3.29. The molecule has 0 amide bonds. The van der Waals surface area contributed by atoms with E-state index >= 15 is 0 Å². The summed E-state index contributed by atoms with van der Waals surface area (Å²) in [6.45, 7) is 7.22. The maximum absolute atomic E-state index is 13.3. The van der Waals surface area contributed by atoms with E-state index in [-0.39, 0.29) is 54.2 Å². The summed E-state index contributed by atoms with van der Waals surface area (Å²) in [4.78, 5) is 49.1. The third-order valence-corrected chi connectivity index (χ3v) is 6.93. The molecule has 0 radical (unpaired) electrons. The molecule has 0 saturated heterocycles. The summed E-state index contributed by atoms with van der Waals surface area (Å²) in [6.07, 6.45) is 11.7. The van der Waals surface area contributed by atoms with E-state index in [1.54, 1.807) is 6.92 Å². The first kappa shape index (κ1) is 27.6. The van der Waals surface area contributed by atoms with Crippen LogP contribution < -0.4 is 0 Å². The van der Waals surface area contributed by atoms with E-state index in [1.807, 2.05) is 6.08 Å². The Morgan fingerprint density at radius 1 is 0.882 bits per heavy atom. The number of aryl methyl sites for hydroxylation is 3. The number of hydrogen-bond donors (Lipinski definition) is 0. The van der Waals surface area contributed by atoms with Gasteiger partial charge in [0.05, 0.1) is 0 Å². The van der Waals surface area contributed by atoms with Crippen LogP contribution in [0.15, 0.2) is 42.0 Å². The maximum atomic E-state index is 13.3. The fourth-order valence-corrected chi connectivity index (χ4v) is 4.59. The molecule has 4 heteroatoms. The van der Waals surface area contributed by atoms with Gasteiger partial charge in [-0.05, 0) is 77.3 Å². The molecule has 0 bridgehead atoms. The van der Waals surface area contributed by atoms with Crippen LogP contribution in [0.3, 0.4) is 0 Å². The molecule has 0 spiro atoms. The van der Waals surface area contributed by atoms with Crippen LogP contribution >= 0.6 is 0 Å². The van der Waals surface area contributed by atoms with Gasteiger partial charge in [-0.25, -0.2) is 0 Å². The third-order valence-electron chi connectivity index (χ3n) is 6.93. The average molecular weight is 465 g/mol. The largest absolute Gasteiger partial charge is 0.300 e. The number of allylic oxidation sites excluding steroid dienone is 4. The lowest BCUT2D eigenvalue weighted by Gasteiger charge is -2.20. The molecule has 0 N–H and O–H groups in total. The molecule has 1 aromatic rings. The van der Waals surface area contributed by atoms with Gasteiger partial charge in [0.2, 0.25) is 0 Å². The van der Waals surface area contributed by atoms with Crippen molar-refractivity contribution in [3.8, 4) is 0 Å². The SMILES string of the molecule is CC(=O)CCC(=O)CCC(CCC1=CC=CC1)C(=O)CC(CCc1ccc(C)cc1C)C(C)=O. The molecule has 4 nitrogen and oxygen atoms in total. The summed E-state index contributed by atoms with van der Waals surface area (Å²) < 4.78 is 0. The lowest BCUT2D eigenvalue weighted by Crippen LogP contribution is -2.23. The summed E-state index contributed by atoms with van der Waals surface area (Å²) in [5, 5.41) is 0. The molecule has 0 fully saturated rings. The maximum Gasteiger partial charge on any atom is 0.136 e. The fourth-order valence-electron chi connectivity index (χ4n) is 4.59. The minimum absolute atomic E-state index is 0.00904. The van der Waals surface area contributed by atoms with Gasteiger partial charge < -0.3 is 4.79 Å². The first-order chi connectivity index (χ1) is 16.2. The molecule has 2 atom stereocenters. The molecular formula is C30H40O4. The van der Waals surface area contributed by atoms with Crippen molar-refractivity contribution in [2.45, 2.75) is 91.9 Å². The number of carbonyl (C=O) groups excluding carboxylic acids is 4. The van der Waals surface area contributed by atoms with Crippen LogP contribution in [-0.4, -0.2) is 23.1 Å². The first-order valence-corrected chi connectivity index (χ1v) is 12.6. The quantitative estimate of drug-likeness (QED) is 0.284. The minimum atomic E-state index is -0.295. The molecule has 0 saturated carbocycles. The monoisotopic (exact) mass is 464 g/mol. The molecule has 1 aliphatic carbocycles. The summed E-state index contributed by atoms with van der Waals surface area (Å²) in [5.41, 5.74) is 4.96. The lowest BCUT2D eigenvalue weighted by atomic mass is 9.83. The highest BCUT2D eigenvalue weighted by Crippen LogP contribution is 2.27. The Balaban J connectivity index is 1.99. The Kier molecular flexibility index (Phi) is 11.3. The van der Waals surface area contributed by atoms with Gasteiger partial charge in [0, 0.05) is 37.5 Å². The molecule has 0 heterocycles. The second kappa shape index (κ2) is 13.9. The van der Waals surface area contributed by atoms with Gasteiger partial charge in [-0.2, -0.15) is 0 Å². The zero-order valence-electron chi connectivity index (χ0n) is 21.3. The summed E-state index contributed by atoms with van der Waals surface area (Å²) in [5.74, 6) is -0.339. The van der Waals surface area contributed by atoms with E-state index in [1.165, 1.54) is 29.2 Å². The predicted octanol–water partition coefficient (Wildman–Crippen LogP) is 6.40. The molecule has 2 unspecified atom stereocenters. The minimum Gasteiger partial charge on any atom is -0.300 e. The van der Waals surface area contributed by atoms with Crippen LogP contribution in [0.5, 0.6) is 0 Å². The molecule has 1 aromatic carbocycles. The second-order valence-corrected chi connectivity index (χ2v) is 9.92. The molecule has 0 aromatic heterocycles. The van der Waals surface area contributed by atoms with Gasteiger partial charge in [0.15, 0.2) is 0 Å². The van der Waals surface area contributed by atoms with Crippen molar-refractivity contribution in [1.29, 1.82) is 0 Å². The van der Waals surface area contributed by atoms with Crippen LogP contribution in [0.1, 0.15) is 88.3 Å². The van der Waals surface area contributed by atoms with E-state index in [4.69, 9.17) is 0 Å². The van der Waals surface area contributed by atoms with Gasteiger partial charge in [-0.3, -0.25) is 14.4 Å². The normalized spacial score (nSPS) is 14.5. The standard InChI is InChI=1S/C30H40O4/c1-21-9-12-26(22(2)19-21)14-15-28(24(4)32)20-30(34)27(13-11-25-7-5-6-8-25)16-18-29(33)17-10-23(3)31/h5-7,9,12,19,27-28H,8,10-11,13-18,20H2,1-4H3. The number of benzene rings is 1. The predicted molar refractivity (Wildman–Crippen MR) is 137 cm³/mol. The molecule has 184 valence electrons. The molecule has 1 aliphatic rings.